The van der Waals surface area contributed by atoms with Crippen molar-refractivity contribution in [2.75, 3.05) is 6.54 Å². The molecule has 120 valence electrons. The fourth-order valence-electron chi connectivity index (χ4n) is 2.36. The molecule has 23 heavy (non-hydrogen) atoms. The Morgan fingerprint density at radius 3 is 2.13 bits per heavy atom. The van der Waals surface area contributed by atoms with E-state index in [-0.39, 0.29) is 6.04 Å². The van der Waals surface area contributed by atoms with E-state index in [1.54, 1.807) is 4.90 Å². The molecule has 0 aromatic heterocycles. The van der Waals surface area contributed by atoms with Crippen molar-refractivity contribution in [2.24, 2.45) is 0 Å². The molecule has 1 N–H and O–H groups in total. The van der Waals surface area contributed by atoms with Crippen LogP contribution in [0, 0.1) is 0 Å². The van der Waals surface area contributed by atoms with Gasteiger partial charge in [-0.3, -0.25) is 9.59 Å². The number of rotatable bonds is 5. The Kier molecular flexibility index (Phi) is 5.92. The molecular formula is C19H22N2O2. The highest BCUT2D eigenvalue weighted by atomic mass is 16.2. The Balaban J connectivity index is 1.98. The summed E-state index contributed by atoms with van der Waals surface area (Å²) in [5.74, 6) is -1.07. The van der Waals surface area contributed by atoms with Gasteiger partial charge in [0.15, 0.2) is 0 Å². The van der Waals surface area contributed by atoms with E-state index in [2.05, 4.69) is 5.32 Å². The minimum absolute atomic E-state index is 0.205. The Bertz CT molecular complexity index is 641. The van der Waals surface area contributed by atoms with Crippen LogP contribution in [-0.2, 0) is 16.1 Å². The molecule has 2 aromatic carbocycles. The molecule has 0 aliphatic rings. The van der Waals surface area contributed by atoms with Crippen LogP contribution in [-0.4, -0.2) is 23.3 Å². The minimum atomic E-state index is -0.570. The predicted molar refractivity (Wildman–Crippen MR) is 90.5 cm³/mol. The number of carbonyl (C=O) groups excluding carboxylic acids is 2. The van der Waals surface area contributed by atoms with E-state index >= 15 is 0 Å². The molecule has 4 nitrogen and oxygen atoms in total. The molecule has 0 heterocycles. The first-order valence-corrected chi connectivity index (χ1v) is 7.80. The van der Waals surface area contributed by atoms with Crippen molar-refractivity contribution >= 4 is 11.8 Å². The zero-order valence-corrected chi connectivity index (χ0v) is 13.5. The highest BCUT2D eigenvalue weighted by Gasteiger charge is 2.22. The van der Waals surface area contributed by atoms with Crippen LogP contribution < -0.4 is 5.32 Å². The van der Waals surface area contributed by atoms with Gasteiger partial charge in [-0.25, -0.2) is 0 Å². The van der Waals surface area contributed by atoms with Crippen LogP contribution in [0.1, 0.15) is 31.0 Å². The maximum atomic E-state index is 12.4. The zero-order valence-electron chi connectivity index (χ0n) is 13.5. The molecule has 0 bridgehead atoms. The molecular weight excluding hydrogens is 288 g/mol. The standard InChI is InChI=1S/C19H22N2O2/c1-3-21(14-16-10-6-4-7-11-16)19(23)18(22)20-15(2)17-12-8-5-9-13-17/h4-13,15H,3,14H2,1-2H3,(H,20,22)/t15-/m1/s1. The van der Waals surface area contributed by atoms with Crippen LogP contribution in [0.4, 0.5) is 0 Å². The summed E-state index contributed by atoms with van der Waals surface area (Å²) >= 11 is 0. The van der Waals surface area contributed by atoms with Gasteiger partial charge in [-0.2, -0.15) is 0 Å². The lowest BCUT2D eigenvalue weighted by molar-refractivity contribution is -0.146. The Morgan fingerprint density at radius 1 is 1.00 bits per heavy atom. The number of hydrogen-bond donors (Lipinski definition) is 1. The zero-order chi connectivity index (χ0) is 16.7. The molecule has 0 fully saturated rings. The Hall–Kier alpha value is -2.62. The van der Waals surface area contributed by atoms with Crippen LogP contribution in [0.2, 0.25) is 0 Å². The molecule has 2 amide bonds. The van der Waals surface area contributed by atoms with Crippen LogP contribution in [0.15, 0.2) is 60.7 Å². The van der Waals surface area contributed by atoms with Gasteiger partial charge in [-0.05, 0) is 25.0 Å². The summed E-state index contributed by atoms with van der Waals surface area (Å²) in [6, 6.07) is 19.0. The summed E-state index contributed by atoms with van der Waals surface area (Å²) in [6.07, 6.45) is 0. The van der Waals surface area contributed by atoms with E-state index in [9.17, 15) is 9.59 Å². The molecule has 4 heteroatoms. The normalized spacial score (nSPS) is 11.6. The summed E-state index contributed by atoms with van der Waals surface area (Å²) in [6.45, 7) is 4.66. The SMILES string of the molecule is CCN(Cc1ccccc1)C(=O)C(=O)N[C@H](C)c1ccccc1. The summed E-state index contributed by atoms with van der Waals surface area (Å²) in [5, 5.41) is 2.77. The molecule has 1 atom stereocenters. The van der Waals surface area contributed by atoms with Crippen LogP contribution in [0.3, 0.4) is 0 Å². The molecule has 0 aliphatic heterocycles. The average molecular weight is 310 g/mol. The van der Waals surface area contributed by atoms with Gasteiger partial charge in [0.25, 0.3) is 0 Å². The molecule has 2 rings (SSSR count). The maximum Gasteiger partial charge on any atom is 0.312 e. The number of likely N-dealkylation sites (N-methyl/N-ethyl adjacent to an activating group) is 1. The summed E-state index contributed by atoms with van der Waals surface area (Å²) in [5.41, 5.74) is 1.98. The first-order chi connectivity index (χ1) is 11.1. The van der Waals surface area contributed by atoms with Gasteiger partial charge in [0, 0.05) is 13.1 Å². The average Bonchev–Trinajstić information content (AvgIpc) is 2.60. The van der Waals surface area contributed by atoms with E-state index in [0.717, 1.165) is 11.1 Å². The van der Waals surface area contributed by atoms with Crippen LogP contribution in [0.25, 0.3) is 0 Å². The summed E-state index contributed by atoms with van der Waals surface area (Å²) in [4.78, 5) is 26.1. The molecule has 0 unspecified atom stereocenters. The molecule has 2 aromatic rings. The second kappa shape index (κ2) is 8.13. The third-order valence-corrected chi connectivity index (χ3v) is 3.73. The molecule has 0 radical (unpaired) electrons. The van der Waals surface area contributed by atoms with Gasteiger partial charge >= 0.3 is 11.8 Å². The largest absolute Gasteiger partial charge is 0.341 e. The monoisotopic (exact) mass is 310 g/mol. The molecule has 0 spiro atoms. The van der Waals surface area contributed by atoms with E-state index in [0.29, 0.717) is 13.1 Å². The minimum Gasteiger partial charge on any atom is -0.341 e. The lowest BCUT2D eigenvalue weighted by atomic mass is 10.1. The fourth-order valence-corrected chi connectivity index (χ4v) is 2.36. The number of nitrogens with one attached hydrogen (secondary N) is 1. The van der Waals surface area contributed by atoms with Crippen LogP contribution >= 0.6 is 0 Å². The third kappa shape index (κ3) is 4.68. The highest BCUT2D eigenvalue weighted by molar-refractivity contribution is 6.35. The number of nitrogens with zero attached hydrogens (tertiary/aromatic N) is 1. The van der Waals surface area contributed by atoms with Crippen molar-refractivity contribution in [3.8, 4) is 0 Å². The lowest BCUT2D eigenvalue weighted by Gasteiger charge is -2.22. The van der Waals surface area contributed by atoms with Crippen molar-refractivity contribution in [2.45, 2.75) is 26.4 Å². The van der Waals surface area contributed by atoms with E-state index in [4.69, 9.17) is 0 Å². The Morgan fingerprint density at radius 2 is 1.57 bits per heavy atom. The first kappa shape index (κ1) is 16.7. The number of benzene rings is 2. The third-order valence-electron chi connectivity index (χ3n) is 3.73. The molecule has 0 aliphatic carbocycles. The summed E-state index contributed by atoms with van der Waals surface area (Å²) in [7, 11) is 0. The fraction of sp³-hybridized carbons (Fsp3) is 0.263. The number of amides is 2. The van der Waals surface area contributed by atoms with Crippen molar-refractivity contribution in [1.82, 2.24) is 10.2 Å². The van der Waals surface area contributed by atoms with Gasteiger partial charge in [-0.15, -0.1) is 0 Å². The predicted octanol–water partition coefficient (Wildman–Crippen LogP) is 2.91. The smallest absolute Gasteiger partial charge is 0.312 e. The van der Waals surface area contributed by atoms with Gasteiger partial charge in [0.1, 0.15) is 0 Å². The van der Waals surface area contributed by atoms with Gasteiger partial charge in [0.05, 0.1) is 6.04 Å². The van der Waals surface area contributed by atoms with Crippen molar-refractivity contribution in [3.63, 3.8) is 0 Å². The van der Waals surface area contributed by atoms with Gasteiger partial charge in [0.2, 0.25) is 0 Å². The van der Waals surface area contributed by atoms with E-state index in [1.165, 1.54) is 0 Å². The van der Waals surface area contributed by atoms with Gasteiger partial charge in [-0.1, -0.05) is 60.7 Å². The Labute approximate surface area is 137 Å². The van der Waals surface area contributed by atoms with Crippen molar-refractivity contribution < 1.29 is 9.59 Å². The quantitative estimate of drug-likeness (QED) is 0.863. The second-order valence-corrected chi connectivity index (χ2v) is 5.41. The molecule has 0 saturated heterocycles. The van der Waals surface area contributed by atoms with Crippen molar-refractivity contribution in [3.05, 3.63) is 71.8 Å². The van der Waals surface area contributed by atoms with E-state index < -0.39 is 11.8 Å². The maximum absolute atomic E-state index is 12.4. The number of carbonyl (C=O) groups is 2. The summed E-state index contributed by atoms with van der Waals surface area (Å²) < 4.78 is 0. The second-order valence-electron chi connectivity index (χ2n) is 5.41. The highest BCUT2D eigenvalue weighted by Crippen LogP contribution is 2.11. The van der Waals surface area contributed by atoms with Crippen molar-refractivity contribution in [1.29, 1.82) is 0 Å². The lowest BCUT2D eigenvalue weighted by Crippen LogP contribution is -2.43. The number of hydrogen-bond acceptors (Lipinski definition) is 2. The van der Waals surface area contributed by atoms with Crippen LogP contribution in [0.5, 0.6) is 0 Å². The van der Waals surface area contributed by atoms with Gasteiger partial charge < -0.3 is 10.2 Å². The topological polar surface area (TPSA) is 49.4 Å². The first-order valence-electron chi connectivity index (χ1n) is 7.80. The van der Waals surface area contributed by atoms with E-state index in [1.807, 2.05) is 74.5 Å². The molecule has 0 saturated carbocycles.